The Morgan fingerprint density at radius 2 is 2.21 bits per heavy atom. The number of nitrogens with zero attached hydrogens (tertiary/aromatic N) is 1. The number of aromatic nitrogens is 1. The van der Waals surface area contributed by atoms with Crippen molar-refractivity contribution in [3.05, 3.63) is 22.2 Å². The van der Waals surface area contributed by atoms with E-state index in [2.05, 4.69) is 10.3 Å². The van der Waals surface area contributed by atoms with Crippen LogP contribution in [0.2, 0.25) is 0 Å². The summed E-state index contributed by atoms with van der Waals surface area (Å²) in [5, 5.41) is 14.1. The number of nitrogens with one attached hydrogen (secondary N) is 1. The summed E-state index contributed by atoms with van der Waals surface area (Å²) in [4.78, 5) is 25.9. The van der Waals surface area contributed by atoms with Gasteiger partial charge in [0.2, 0.25) is 5.91 Å². The predicted molar refractivity (Wildman–Crippen MR) is 75.0 cm³/mol. The van der Waals surface area contributed by atoms with E-state index in [0.717, 1.165) is 23.5 Å². The molecule has 0 saturated heterocycles. The van der Waals surface area contributed by atoms with Crippen LogP contribution in [0.5, 0.6) is 0 Å². The van der Waals surface area contributed by atoms with Gasteiger partial charge in [0.05, 0.1) is 10.7 Å². The highest BCUT2D eigenvalue weighted by atomic mass is 32.1. The molecule has 0 spiro atoms. The Morgan fingerprint density at radius 3 is 2.84 bits per heavy atom. The molecule has 1 heterocycles. The molecule has 0 atom stereocenters. The molecule has 0 aliphatic rings. The number of hydrogen-bond donors (Lipinski definition) is 2. The minimum Gasteiger partial charge on any atom is -0.481 e. The lowest BCUT2D eigenvalue weighted by Gasteiger charge is -2.01. The molecule has 0 bridgehead atoms. The molecule has 6 heteroatoms. The van der Waals surface area contributed by atoms with Crippen LogP contribution >= 0.6 is 11.3 Å². The van der Waals surface area contributed by atoms with Gasteiger partial charge < -0.3 is 10.4 Å². The number of aliphatic carboxylic acids is 1. The first-order chi connectivity index (χ1) is 9.08. The Labute approximate surface area is 116 Å². The highest BCUT2D eigenvalue weighted by Gasteiger charge is 1.98. The van der Waals surface area contributed by atoms with Gasteiger partial charge in [0.1, 0.15) is 0 Å². The lowest BCUT2D eigenvalue weighted by Crippen LogP contribution is -2.22. The van der Waals surface area contributed by atoms with Crippen molar-refractivity contribution in [2.24, 2.45) is 0 Å². The molecule has 2 N–H and O–H groups in total. The van der Waals surface area contributed by atoms with Gasteiger partial charge in [-0.15, -0.1) is 11.3 Å². The maximum atomic E-state index is 11.4. The van der Waals surface area contributed by atoms with Gasteiger partial charge >= 0.3 is 5.97 Å². The summed E-state index contributed by atoms with van der Waals surface area (Å²) >= 11 is 1.54. The molecule has 1 aromatic heterocycles. The smallest absolute Gasteiger partial charge is 0.303 e. The number of rotatable bonds is 8. The SMILES string of the molecule is Cc1nc(/C=C/C(=O)NCCCCCC(=O)O)cs1. The molecule has 19 heavy (non-hydrogen) atoms. The van der Waals surface area contributed by atoms with E-state index in [1.807, 2.05) is 12.3 Å². The van der Waals surface area contributed by atoms with Gasteiger partial charge in [-0.25, -0.2) is 4.98 Å². The highest BCUT2D eigenvalue weighted by molar-refractivity contribution is 7.09. The first-order valence-electron chi connectivity index (χ1n) is 6.18. The van der Waals surface area contributed by atoms with Crippen molar-refractivity contribution in [1.29, 1.82) is 0 Å². The van der Waals surface area contributed by atoms with E-state index in [4.69, 9.17) is 5.11 Å². The van der Waals surface area contributed by atoms with Crippen LogP contribution in [0.25, 0.3) is 6.08 Å². The van der Waals surface area contributed by atoms with E-state index in [0.29, 0.717) is 13.0 Å². The zero-order valence-corrected chi connectivity index (χ0v) is 11.7. The maximum Gasteiger partial charge on any atom is 0.303 e. The molecule has 0 unspecified atom stereocenters. The van der Waals surface area contributed by atoms with Crippen molar-refractivity contribution in [2.75, 3.05) is 6.54 Å². The molecule has 0 aliphatic heterocycles. The number of aryl methyl sites for hydroxylation is 1. The third-order valence-corrected chi connectivity index (χ3v) is 3.20. The Kier molecular flexibility index (Phi) is 6.81. The van der Waals surface area contributed by atoms with E-state index >= 15 is 0 Å². The van der Waals surface area contributed by atoms with Crippen molar-refractivity contribution >= 4 is 29.3 Å². The Bertz CT molecular complexity index is 454. The third-order valence-electron chi connectivity index (χ3n) is 2.41. The van der Waals surface area contributed by atoms with Gasteiger partial charge in [-0.3, -0.25) is 9.59 Å². The van der Waals surface area contributed by atoms with Crippen LogP contribution in [0, 0.1) is 6.92 Å². The van der Waals surface area contributed by atoms with Crippen molar-refractivity contribution in [1.82, 2.24) is 10.3 Å². The minimum absolute atomic E-state index is 0.149. The Morgan fingerprint density at radius 1 is 1.42 bits per heavy atom. The van der Waals surface area contributed by atoms with Crippen molar-refractivity contribution in [3.63, 3.8) is 0 Å². The number of hydrogen-bond acceptors (Lipinski definition) is 4. The third kappa shape index (κ3) is 7.35. The molecule has 1 amide bonds. The molecule has 0 aliphatic carbocycles. The summed E-state index contributed by atoms with van der Waals surface area (Å²) in [7, 11) is 0. The largest absolute Gasteiger partial charge is 0.481 e. The van der Waals surface area contributed by atoms with E-state index in [-0.39, 0.29) is 12.3 Å². The molecule has 0 saturated carbocycles. The molecule has 5 nitrogen and oxygen atoms in total. The number of carbonyl (C=O) groups is 2. The number of carboxylic acid groups (broad SMARTS) is 1. The van der Waals surface area contributed by atoms with Crippen molar-refractivity contribution in [3.8, 4) is 0 Å². The van der Waals surface area contributed by atoms with Gasteiger partial charge in [0, 0.05) is 24.4 Å². The molecule has 1 aromatic rings. The van der Waals surface area contributed by atoms with E-state index < -0.39 is 5.97 Å². The fourth-order valence-electron chi connectivity index (χ4n) is 1.47. The summed E-state index contributed by atoms with van der Waals surface area (Å²) < 4.78 is 0. The van der Waals surface area contributed by atoms with Gasteiger partial charge in [0.15, 0.2) is 0 Å². The topological polar surface area (TPSA) is 79.3 Å². The fraction of sp³-hybridized carbons (Fsp3) is 0.462. The zero-order chi connectivity index (χ0) is 14.1. The monoisotopic (exact) mass is 282 g/mol. The standard InChI is InChI=1S/C13H18N2O3S/c1-10-15-11(9-19-10)6-7-12(16)14-8-4-2-3-5-13(17)18/h6-7,9H,2-5,8H2,1H3,(H,14,16)(H,17,18)/b7-6+. The first-order valence-corrected chi connectivity index (χ1v) is 7.06. The summed E-state index contributed by atoms with van der Waals surface area (Å²) in [5.74, 6) is -0.922. The molecular weight excluding hydrogens is 264 g/mol. The lowest BCUT2D eigenvalue weighted by molar-refractivity contribution is -0.137. The lowest BCUT2D eigenvalue weighted by atomic mass is 10.2. The van der Waals surface area contributed by atoms with Gasteiger partial charge in [-0.05, 0) is 25.8 Å². The van der Waals surface area contributed by atoms with E-state index in [1.165, 1.54) is 6.08 Å². The molecule has 0 fully saturated rings. The normalized spacial score (nSPS) is 10.8. The van der Waals surface area contributed by atoms with Crippen LogP contribution in [-0.4, -0.2) is 28.5 Å². The van der Waals surface area contributed by atoms with Crippen LogP contribution in [0.1, 0.15) is 36.4 Å². The van der Waals surface area contributed by atoms with Crippen LogP contribution in [-0.2, 0) is 9.59 Å². The van der Waals surface area contributed by atoms with Gasteiger partial charge in [0.25, 0.3) is 0 Å². The van der Waals surface area contributed by atoms with Gasteiger partial charge in [-0.2, -0.15) is 0 Å². The average molecular weight is 282 g/mol. The van der Waals surface area contributed by atoms with Crippen molar-refractivity contribution in [2.45, 2.75) is 32.6 Å². The average Bonchev–Trinajstić information content (AvgIpc) is 2.76. The van der Waals surface area contributed by atoms with E-state index in [9.17, 15) is 9.59 Å². The minimum atomic E-state index is -0.773. The Balaban J connectivity index is 2.11. The summed E-state index contributed by atoms with van der Waals surface area (Å²) in [6.07, 6.45) is 5.59. The van der Waals surface area contributed by atoms with Gasteiger partial charge in [-0.1, -0.05) is 6.42 Å². The quantitative estimate of drug-likeness (QED) is 0.566. The summed E-state index contributed by atoms with van der Waals surface area (Å²) in [6.45, 7) is 2.48. The first kappa shape index (κ1) is 15.4. The highest BCUT2D eigenvalue weighted by Crippen LogP contribution is 2.08. The van der Waals surface area contributed by atoms with E-state index in [1.54, 1.807) is 17.4 Å². The second-order valence-corrected chi connectivity index (χ2v) is 5.18. The maximum absolute atomic E-state index is 11.4. The van der Waals surface area contributed by atoms with Crippen LogP contribution in [0.3, 0.4) is 0 Å². The number of carboxylic acids is 1. The van der Waals surface area contributed by atoms with Crippen molar-refractivity contribution < 1.29 is 14.7 Å². The summed E-state index contributed by atoms with van der Waals surface area (Å²) in [5.41, 5.74) is 0.791. The molecule has 104 valence electrons. The second kappa shape index (κ2) is 8.42. The molecule has 0 aromatic carbocycles. The number of unbranched alkanes of at least 4 members (excludes halogenated alkanes) is 2. The molecule has 1 rings (SSSR count). The summed E-state index contributed by atoms with van der Waals surface area (Å²) in [6, 6.07) is 0. The molecular formula is C13H18N2O3S. The second-order valence-electron chi connectivity index (χ2n) is 4.12. The van der Waals surface area contributed by atoms with Crippen LogP contribution < -0.4 is 5.32 Å². The molecule has 0 radical (unpaired) electrons. The number of amides is 1. The number of thiazole rings is 1. The fourth-order valence-corrected chi connectivity index (χ4v) is 2.05. The number of carbonyl (C=O) groups excluding carboxylic acids is 1. The van der Waals surface area contributed by atoms with Crippen LogP contribution in [0.4, 0.5) is 0 Å². The Hall–Kier alpha value is -1.69. The van der Waals surface area contributed by atoms with Crippen LogP contribution in [0.15, 0.2) is 11.5 Å². The zero-order valence-electron chi connectivity index (χ0n) is 10.9. The predicted octanol–water partition coefficient (Wildman–Crippen LogP) is 2.23.